The smallest absolute Gasteiger partial charge is 0.339 e. The Morgan fingerprint density at radius 3 is 2.12 bits per heavy atom. The highest BCUT2D eigenvalue weighted by molar-refractivity contribution is 7.86. The van der Waals surface area contributed by atoms with Gasteiger partial charge in [-0.15, -0.1) is 0 Å². The number of aromatic carboxylic acids is 1. The molecule has 0 aliphatic carbocycles. The minimum atomic E-state index is -4.60. The van der Waals surface area contributed by atoms with Crippen molar-refractivity contribution in [2.75, 3.05) is 0 Å². The van der Waals surface area contributed by atoms with Gasteiger partial charge in [-0.05, 0) is 12.1 Å². The zero-order valence-corrected chi connectivity index (χ0v) is 8.68. The van der Waals surface area contributed by atoms with Gasteiger partial charge >= 0.3 is 5.97 Å². The molecule has 0 saturated carbocycles. The summed E-state index contributed by atoms with van der Waals surface area (Å²) in [4.78, 5) is 9.64. The summed E-state index contributed by atoms with van der Waals surface area (Å²) in [5, 5.41) is 17.7. The molecule has 0 radical (unpaired) electrons. The van der Waals surface area contributed by atoms with Gasteiger partial charge in [0.15, 0.2) is 5.75 Å². The number of hydrogen-bond acceptors (Lipinski definition) is 6. The average molecular weight is 250 g/mol. The summed E-state index contributed by atoms with van der Waals surface area (Å²) in [7, 11) is -4.60. The number of carbonyl (C=O) groups is 1. The molecule has 8 nitrogen and oxygen atoms in total. The first-order valence-electron chi connectivity index (χ1n) is 3.70. The molecule has 0 aromatic heterocycles. The summed E-state index contributed by atoms with van der Waals surface area (Å²) in [6.07, 6.45) is 0. The van der Waals surface area contributed by atoms with Crippen molar-refractivity contribution in [3.05, 3.63) is 23.8 Å². The van der Waals surface area contributed by atoms with Gasteiger partial charge in [-0.1, -0.05) is 6.07 Å². The number of phenols is 1. The SMILES string of the molecule is NN.O=C(O)c1cccc(S(=O)(=O)O)c1O. The summed E-state index contributed by atoms with van der Waals surface area (Å²) in [6.45, 7) is 0. The maximum atomic E-state index is 10.6. The largest absolute Gasteiger partial charge is 0.506 e. The van der Waals surface area contributed by atoms with Gasteiger partial charge in [0.1, 0.15) is 10.5 Å². The molecule has 1 aromatic rings. The number of nitrogens with two attached hydrogens (primary N) is 2. The number of carboxylic acid groups (broad SMARTS) is 1. The van der Waals surface area contributed by atoms with Crippen LogP contribution in [0.3, 0.4) is 0 Å². The molecular weight excluding hydrogens is 240 g/mol. The lowest BCUT2D eigenvalue weighted by Gasteiger charge is -2.03. The van der Waals surface area contributed by atoms with E-state index in [9.17, 15) is 18.3 Å². The molecule has 0 fully saturated rings. The van der Waals surface area contributed by atoms with Crippen LogP contribution in [0.5, 0.6) is 5.75 Å². The van der Waals surface area contributed by atoms with E-state index in [2.05, 4.69) is 11.7 Å². The lowest BCUT2D eigenvalue weighted by atomic mass is 10.2. The van der Waals surface area contributed by atoms with Crippen molar-refractivity contribution in [1.29, 1.82) is 0 Å². The van der Waals surface area contributed by atoms with Crippen molar-refractivity contribution in [3.63, 3.8) is 0 Å². The first kappa shape index (κ1) is 14.3. The van der Waals surface area contributed by atoms with Crippen molar-refractivity contribution in [3.8, 4) is 5.75 Å². The number of hydrogen-bond donors (Lipinski definition) is 5. The van der Waals surface area contributed by atoms with E-state index in [-0.39, 0.29) is 0 Å². The van der Waals surface area contributed by atoms with E-state index < -0.39 is 32.3 Å². The Bertz CT molecular complexity index is 484. The van der Waals surface area contributed by atoms with E-state index in [0.29, 0.717) is 0 Å². The fourth-order valence-corrected chi connectivity index (χ4v) is 1.51. The highest BCUT2D eigenvalue weighted by atomic mass is 32.2. The molecule has 1 aromatic carbocycles. The molecule has 0 spiro atoms. The third kappa shape index (κ3) is 3.17. The van der Waals surface area contributed by atoms with E-state index in [1.807, 2.05) is 0 Å². The molecule has 0 aliphatic rings. The van der Waals surface area contributed by atoms with Gasteiger partial charge in [-0.3, -0.25) is 16.2 Å². The first-order chi connectivity index (χ1) is 7.34. The molecule has 16 heavy (non-hydrogen) atoms. The van der Waals surface area contributed by atoms with Crippen LogP contribution in [0.2, 0.25) is 0 Å². The van der Waals surface area contributed by atoms with E-state index in [1.165, 1.54) is 0 Å². The fourth-order valence-electron chi connectivity index (χ4n) is 0.903. The Labute approximate surface area is 90.8 Å². The Kier molecular flexibility index (Phi) is 4.85. The minimum absolute atomic E-state index is 0.583. The van der Waals surface area contributed by atoms with Gasteiger partial charge < -0.3 is 10.2 Å². The Hall–Kier alpha value is -1.68. The number of para-hydroxylation sites is 1. The van der Waals surface area contributed by atoms with Gasteiger partial charge in [0.05, 0.1) is 0 Å². The Balaban J connectivity index is 0.00000106. The minimum Gasteiger partial charge on any atom is -0.506 e. The lowest BCUT2D eigenvalue weighted by Crippen LogP contribution is -2.03. The van der Waals surface area contributed by atoms with Crippen LogP contribution in [-0.2, 0) is 10.1 Å². The van der Waals surface area contributed by atoms with Gasteiger partial charge in [0.25, 0.3) is 10.1 Å². The molecule has 0 bridgehead atoms. The van der Waals surface area contributed by atoms with Crippen LogP contribution in [0, 0.1) is 0 Å². The van der Waals surface area contributed by atoms with Crippen molar-refractivity contribution in [2.24, 2.45) is 11.7 Å². The third-order valence-corrected chi connectivity index (χ3v) is 2.39. The fraction of sp³-hybridized carbons (Fsp3) is 0. The number of hydrazine groups is 1. The van der Waals surface area contributed by atoms with Crippen LogP contribution in [0.4, 0.5) is 0 Å². The molecule has 0 aliphatic heterocycles. The molecule has 0 unspecified atom stereocenters. The number of rotatable bonds is 2. The molecule has 7 N–H and O–H groups in total. The van der Waals surface area contributed by atoms with Crippen LogP contribution < -0.4 is 11.7 Å². The maximum absolute atomic E-state index is 10.6. The topological polar surface area (TPSA) is 164 Å². The van der Waals surface area contributed by atoms with Crippen molar-refractivity contribution in [2.45, 2.75) is 4.90 Å². The number of benzene rings is 1. The second-order valence-electron chi connectivity index (χ2n) is 2.43. The highest BCUT2D eigenvalue weighted by Gasteiger charge is 2.20. The highest BCUT2D eigenvalue weighted by Crippen LogP contribution is 2.26. The molecule has 0 heterocycles. The van der Waals surface area contributed by atoms with E-state index in [4.69, 9.17) is 9.66 Å². The predicted octanol–water partition coefficient (Wildman–Crippen LogP) is -0.844. The van der Waals surface area contributed by atoms with E-state index >= 15 is 0 Å². The Morgan fingerprint density at radius 2 is 1.75 bits per heavy atom. The van der Waals surface area contributed by atoms with Crippen molar-refractivity contribution < 1.29 is 28.0 Å². The van der Waals surface area contributed by atoms with Gasteiger partial charge in [0.2, 0.25) is 0 Å². The summed E-state index contributed by atoms with van der Waals surface area (Å²) < 4.78 is 29.9. The predicted molar refractivity (Wildman–Crippen MR) is 53.3 cm³/mol. The van der Waals surface area contributed by atoms with Gasteiger partial charge in [-0.2, -0.15) is 8.42 Å². The second-order valence-corrected chi connectivity index (χ2v) is 3.82. The van der Waals surface area contributed by atoms with Gasteiger partial charge in [-0.25, -0.2) is 4.79 Å². The zero-order valence-electron chi connectivity index (χ0n) is 7.86. The summed E-state index contributed by atoms with van der Waals surface area (Å²) in [5.74, 6) is 5.55. The van der Waals surface area contributed by atoms with Crippen LogP contribution in [0.1, 0.15) is 10.4 Å². The monoisotopic (exact) mass is 250 g/mol. The van der Waals surface area contributed by atoms with Crippen molar-refractivity contribution in [1.82, 2.24) is 0 Å². The number of aromatic hydroxyl groups is 1. The van der Waals surface area contributed by atoms with Crippen LogP contribution >= 0.6 is 0 Å². The van der Waals surface area contributed by atoms with Crippen LogP contribution in [0.15, 0.2) is 23.1 Å². The molecule has 9 heteroatoms. The molecule has 1 rings (SSSR count). The summed E-state index contributed by atoms with van der Waals surface area (Å²) in [6, 6.07) is 3.02. The van der Waals surface area contributed by atoms with Crippen LogP contribution in [0.25, 0.3) is 0 Å². The first-order valence-corrected chi connectivity index (χ1v) is 5.14. The lowest BCUT2D eigenvalue weighted by molar-refractivity contribution is 0.0693. The zero-order chi connectivity index (χ0) is 12.9. The molecule has 0 atom stereocenters. The van der Waals surface area contributed by atoms with E-state index in [0.717, 1.165) is 18.2 Å². The average Bonchev–Trinajstić information content (AvgIpc) is 2.19. The van der Waals surface area contributed by atoms with Gasteiger partial charge in [0, 0.05) is 0 Å². The molecular formula is C7H10N2O6S. The number of carboxylic acids is 1. The van der Waals surface area contributed by atoms with E-state index in [1.54, 1.807) is 0 Å². The quantitative estimate of drug-likeness (QED) is 0.257. The Morgan fingerprint density at radius 1 is 1.25 bits per heavy atom. The molecule has 0 saturated heterocycles. The van der Waals surface area contributed by atoms with Crippen molar-refractivity contribution >= 4 is 16.1 Å². The second kappa shape index (κ2) is 5.42. The normalized spacial score (nSPS) is 10.2. The van der Waals surface area contributed by atoms with Crippen LogP contribution in [-0.4, -0.2) is 29.2 Å². The maximum Gasteiger partial charge on any atom is 0.339 e. The summed E-state index contributed by atoms with van der Waals surface area (Å²) in [5.41, 5.74) is -0.583. The molecule has 0 amide bonds. The third-order valence-electron chi connectivity index (χ3n) is 1.51. The molecule has 90 valence electrons. The summed E-state index contributed by atoms with van der Waals surface area (Å²) >= 11 is 0. The standard InChI is InChI=1S/C7H6O6S.H4N2/c8-6-4(7(9)10)2-1-3-5(6)14(11,12)13;1-2/h1-3,8H,(H,9,10)(H,11,12,13);1-2H2.